The third kappa shape index (κ3) is 3.90. The van der Waals surface area contributed by atoms with Crippen molar-refractivity contribution < 1.29 is 19.2 Å². The smallest absolute Gasteiger partial charge is 0.395 e. The van der Waals surface area contributed by atoms with Crippen LogP contribution < -0.4 is 5.32 Å². The number of carbonyl (C=O) groups is 1. The molecule has 1 aromatic heterocycles. The Morgan fingerprint density at radius 2 is 2.00 bits per heavy atom. The lowest BCUT2D eigenvalue weighted by molar-refractivity contribution is -0.402. The van der Waals surface area contributed by atoms with Gasteiger partial charge in [0.05, 0.1) is 12.2 Å². The molecule has 1 heterocycles. The molecule has 2 aromatic rings. The molecule has 0 spiro atoms. The van der Waals surface area contributed by atoms with Crippen molar-refractivity contribution in [2.24, 2.45) is 0 Å². The fourth-order valence-corrected chi connectivity index (χ4v) is 1.80. The van der Waals surface area contributed by atoms with Crippen molar-refractivity contribution in [1.82, 2.24) is 5.32 Å². The van der Waals surface area contributed by atoms with Gasteiger partial charge in [0.25, 0.3) is 5.91 Å². The van der Waals surface area contributed by atoms with Gasteiger partial charge in [-0.15, -0.1) is 0 Å². The summed E-state index contributed by atoms with van der Waals surface area (Å²) < 4.78 is 4.78. The van der Waals surface area contributed by atoms with Gasteiger partial charge >= 0.3 is 5.88 Å². The van der Waals surface area contributed by atoms with Gasteiger partial charge in [0.15, 0.2) is 5.76 Å². The number of benzene rings is 1. The number of furan rings is 1. The van der Waals surface area contributed by atoms with Crippen LogP contribution in [0.5, 0.6) is 0 Å². The van der Waals surface area contributed by atoms with Gasteiger partial charge in [-0.25, -0.2) is 0 Å². The molecule has 21 heavy (non-hydrogen) atoms. The van der Waals surface area contributed by atoms with Crippen molar-refractivity contribution in [3.8, 4) is 0 Å². The lowest BCUT2D eigenvalue weighted by Crippen LogP contribution is -2.25. The topological polar surface area (TPSA) is 106 Å². The number of rotatable bonds is 6. The van der Waals surface area contributed by atoms with E-state index in [0.29, 0.717) is 6.42 Å². The minimum Gasteiger partial charge on any atom is -0.395 e. The molecule has 1 atom stereocenters. The minimum atomic E-state index is -0.712. The molecule has 1 aromatic carbocycles. The van der Waals surface area contributed by atoms with Gasteiger partial charge in [-0.3, -0.25) is 14.9 Å². The Balaban J connectivity index is 1.82. The number of nitro groups is 1. The third-order valence-corrected chi connectivity index (χ3v) is 2.88. The number of aliphatic hydroxyl groups excluding tert-OH is 1. The van der Waals surface area contributed by atoms with Crippen LogP contribution >= 0.6 is 0 Å². The van der Waals surface area contributed by atoms with Gasteiger partial charge in [0, 0.05) is 6.54 Å². The van der Waals surface area contributed by atoms with Crippen LogP contribution in [0.25, 0.3) is 0 Å². The molecule has 0 aliphatic carbocycles. The van der Waals surface area contributed by atoms with Crippen LogP contribution in [-0.4, -0.2) is 22.5 Å². The molecule has 1 amide bonds. The summed E-state index contributed by atoms with van der Waals surface area (Å²) in [7, 11) is 0. The van der Waals surface area contributed by atoms with Crippen molar-refractivity contribution >= 4 is 11.8 Å². The fourth-order valence-electron chi connectivity index (χ4n) is 1.80. The number of hydrogen-bond donors (Lipinski definition) is 2. The summed E-state index contributed by atoms with van der Waals surface area (Å²) in [4.78, 5) is 21.4. The zero-order valence-electron chi connectivity index (χ0n) is 11.1. The van der Waals surface area contributed by atoms with E-state index in [1.165, 1.54) is 6.07 Å². The van der Waals surface area contributed by atoms with E-state index in [9.17, 15) is 20.0 Å². The first-order valence-electron chi connectivity index (χ1n) is 6.33. The van der Waals surface area contributed by atoms with Gasteiger partial charge < -0.3 is 14.8 Å². The quantitative estimate of drug-likeness (QED) is 0.625. The van der Waals surface area contributed by atoms with E-state index in [1.807, 2.05) is 18.2 Å². The highest BCUT2D eigenvalue weighted by Crippen LogP contribution is 2.17. The van der Waals surface area contributed by atoms with Crippen LogP contribution in [0.3, 0.4) is 0 Å². The van der Waals surface area contributed by atoms with E-state index in [0.717, 1.165) is 11.6 Å². The van der Waals surface area contributed by atoms with Gasteiger partial charge in [-0.05, 0) is 18.1 Å². The second-order valence-corrected chi connectivity index (χ2v) is 4.37. The van der Waals surface area contributed by atoms with Gasteiger partial charge in [0.1, 0.15) is 4.92 Å². The van der Waals surface area contributed by atoms with Crippen LogP contribution in [0, 0.1) is 10.1 Å². The maximum Gasteiger partial charge on any atom is 0.433 e. The normalized spacial score (nSPS) is 11.9. The van der Waals surface area contributed by atoms with E-state index >= 15 is 0 Å². The number of carbonyl (C=O) groups excluding carboxylic acids is 1. The SMILES string of the molecule is O=C(NCCC(O)c1ccccc1)c1ccc([N+](=O)[O-])o1. The van der Waals surface area contributed by atoms with Crippen LogP contribution in [0.2, 0.25) is 0 Å². The summed E-state index contributed by atoms with van der Waals surface area (Å²) in [6.07, 6.45) is -0.351. The maximum atomic E-state index is 11.7. The molecular weight excluding hydrogens is 276 g/mol. The molecule has 0 aliphatic heterocycles. The Bertz CT molecular complexity index is 623. The number of nitrogens with zero attached hydrogens (tertiary/aromatic N) is 1. The van der Waals surface area contributed by atoms with E-state index in [-0.39, 0.29) is 12.3 Å². The van der Waals surface area contributed by atoms with E-state index in [4.69, 9.17) is 4.42 Å². The van der Waals surface area contributed by atoms with E-state index < -0.39 is 22.8 Å². The van der Waals surface area contributed by atoms with Gasteiger partial charge in [-0.1, -0.05) is 30.3 Å². The first-order chi connectivity index (χ1) is 10.1. The third-order valence-electron chi connectivity index (χ3n) is 2.88. The lowest BCUT2D eigenvalue weighted by atomic mass is 10.1. The first kappa shape index (κ1) is 14.7. The van der Waals surface area contributed by atoms with Crippen LogP contribution in [-0.2, 0) is 0 Å². The Morgan fingerprint density at radius 3 is 2.62 bits per heavy atom. The molecule has 0 saturated carbocycles. The summed E-state index contributed by atoms with van der Waals surface area (Å²) in [6.45, 7) is 0.226. The Kier molecular flexibility index (Phi) is 4.68. The molecular formula is C14H14N2O5. The number of amides is 1. The number of nitrogens with one attached hydrogen (secondary N) is 1. The number of aliphatic hydroxyl groups is 1. The zero-order valence-corrected chi connectivity index (χ0v) is 11.1. The van der Waals surface area contributed by atoms with Crippen molar-refractivity contribution in [2.45, 2.75) is 12.5 Å². The van der Waals surface area contributed by atoms with E-state index in [1.54, 1.807) is 12.1 Å². The standard InChI is InChI=1S/C14H14N2O5/c17-11(10-4-2-1-3-5-10)8-9-15-14(18)12-6-7-13(21-12)16(19)20/h1-7,11,17H,8-9H2,(H,15,18). The molecule has 0 radical (unpaired) electrons. The predicted molar refractivity (Wildman–Crippen MR) is 73.7 cm³/mol. The summed E-state index contributed by atoms with van der Waals surface area (Å²) in [5, 5.41) is 22.9. The van der Waals surface area contributed by atoms with Gasteiger partial charge in [0.2, 0.25) is 0 Å². The summed E-state index contributed by atoms with van der Waals surface area (Å²) in [5.74, 6) is -1.16. The highest BCUT2D eigenvalue weighted by atomic mass is 16.6. The molecule has 1 unspecified atom stereocenters. The Labute approximate surface area is 120 Å². The van der Waals surface area contributed by atoms with Crippen LogP contribution in [0.1, 0.15) is 28.6 Å². The molecule has 0 saturated heterocycles. The molecule has 0 fully saturated rings. The Hall–Kier alpha value is -2.67. The monoisotopic (exact) mass is 290 g/mol. The molecule has 7 nitrogen and oxygen atoms in total. The highest BCUT2D eigenvalue weighted by Gasteiger charge is 2.17. The Morgan fingerprint density at radius 1 is 1.29 bits per heavy atom. The van der Waals surface area contributed by atoms with Gasteiger partial charge in [-0.2, -0.15) is 0 Å². The molecule has 110 valence electrons. The minimum absolute atomic E-state index is 0.129. The van der Waals surface area contributed by atoms with Crippen LogP contribution in [0.4, 0.5) is 5.88 Å². The van der Waals surface area contributed by atoms with Crippen LogP contribution in [0.15, 0.2) is 46.9 Å². The van der Waals surface area contributed by atoms with E-state index in [2.05, 4.69) is 5.32 Å². The molecule has 2 N–H and O–H groups in total. The predicted octanol–water partition coefficient (Wildman–Crippen LogP) is 2.04. The van der Waals surface area contributed by atoms with Crippen molar-refractivity contribution in [3.63, 3.8) is 0 Å². The summed E-state index contributed by atoms with van der Waals surface area (Å²) in [5.41, 5.74) is 0.764. The first-order valence-corrected chi connectivity index (χ1v) is 6.33. The summed E-state index contributed by atoms with van der Waals surface area (Å²) in [6, 6.07) is 11.4. The average molecular weight is 290 g/mol. The molecule has 0 bridgehead atoms. The second kappa shape index (κ2) is 6.67. The summed E-state index contributed by atoms with van der Waals surface area (Å²) >= 11 is 0. The molecule has 7 heteroatoms. The van der Waals surface area contributed by atoms with Crippen molar-refractivity contribution in [2.75, 3.05) is 6.54 Å². The molecule has 0 aliphatic rings. The van der Waals surface area contributed by atoms with Crippen molar-refractivity contribution in [1.29, 1.82) is 0 Å². The average Bonchev–Trinajstić information content (AvgIpc) is 2.98. The second-order valence-electron chi connectivity index (χ2n) is 4.37. The fraction of sp³-hybridized carbons (Fsp3) is 0.214. The zero-order chi connectivity index (χ0) is 15.2. The molecule has 2 rings (SSSR count). The number of hydrogen-bond acceptors (Lipinski definition) is 5. The lowest BCUT2D eigenvalue weighted by Gasteiger charge is -2.10. The highest BCUT2D eigenvalue weighted by molar-refractivity contribution is 5.91. The van der Waals surface area contributed by atoms with Crippen molar-refractivity contribution in [3.05, 3.63) is 63.9 Å². The largest absolute Gasteiger partial charge is 0.433 e. The maximum absolute atomic E-state index is 11.7.